The molecule has 3 aromatic rings. The largest absolute Gasteiger partial charge is 0.321 e. The van der Waals surface area contributed by atoms with Crippen molar-refractivity contribution in [2.75, 3.05) is 0 Å². The summed E-state index contributed by atoms with van der Waals surface area (Å²) in [5.41, 5.74) is 5.93. The molecule has 1 atom stereocenters. The van der Waals surface area contributed by atoms with Crippen molar-refractivity contribution in [2.24, 2.45) is 5.73 Å². The molecule has 0 bridgehead atoms. The number of rotatable bonds is 3. The van der Waals surface area contributed by atoms with Crippen LogP contribution in [0, 0.1) is 11.6 Å². The van der Waals surface area contributed by atoms with Crippen molar-refractivity contribution in [3.63, 3.8) is 0 Å². The molecule has 0 aliphatic rings. The maximum absolute atomic E-state index is 13.6. The number of hydrogen-bond acceptors (Lipinski definition) is 3. The second-order valence-electron chi connectivity index (χ2n) is 5.39. The van der Waals surface area contributed by atoms with Crippen LogP contribution in [-0.2, 0) is 0 Å². The molecule has 2 N–H and O–H groups in total. The van der Waals surface area contributed by atoms with Crippen molar-refractivity contribution < 1.29 is 8.78 Å². The van der Waals surface area contributed by atoms with Crippen LogP contribution < -0.4 is 11.3 Å². The van der Waals surface area contributed by atoms with Crippen LogP contribution in [0.1, 0.15) is 25.2 Å². The average molecular weight is 350 g/mol. The summed E-state index contributed by atoms with van der Waals surface area (Å²) in [6.45, 7) is 1.82. The van der Waals surface area contributed by atoms with Crippen LogP contribution in [0.5, 0.6) is 0 Å². The van der Waals surface area contributed by atoms with Gasteiger partial charge in [-0.05, 0) is 30.7 Å². The summed E-state index contributed by atoms with van der Waals surface area (Å²) in [5, 5.41) is 0.561. The van der Waals surface area contributed by atoms with Gasteiger partial charge >= 0.3 is 0 Å². The maximum Gasteiger partial charge on any atom is 0.266 e. The van der Waals surface area contributed by atoms with E-state index in [1.54, 1.807) is 18.2 Å². The minimum atomic E-state index is -0.792. The molecule has 0 aliphatic heterocycles. The van der Waals surface area contributed by atoms with Crippen molar-refractivity contribution in [3.05, 3.63) is 69.2 Å². The van der Waals surface area contributed by atoms with E-state index < -0.39 is 23.2 Å². The Morgan fingerprint density at radius 1 is 1.25 bits per heavy atom. The number of nitrogens with two attached hydrogens (primary N) is 1. The normalized spacial score (nSPS) is 12.5. The molecule has 1 aromatic heterocycles. The van der Waals surface area contributed by atoms with Crippen molar-refractivity contribution in [1.29, 1.82) is 0 Å². The molecule has 0 spiro atoms. The number of aromatic nitrogens is 2. The lowest BCUT2D eigenvalue weighted by atomic mass is 10.1. The topological polar surface area (TPSA) is 60.9 Å². The van der Waals surface area contributed by atoms with Crippen molar-refractivity contribution >= 4 is 22.5 Å². The fourth-order valence-electron chi connectivity index (χ4n) is 2.54. The van der Waals surface area contributed by atoms with Crippen molar-refractivity contribution in [2.45, 2.75) is 19.4 Å². The van der Waals surface area contributed by atoms with Gasteiger partial charge in [0.1, 0.15) is 17.5 Å². The summed E-state index contributed by atoms with van der Waals surface area (Å²) in [4.78, 5) is 17.3. The first-order chi connectivity index (χ1) is 11.4. The molecule has 124 valence electrons. The Morgan fingerprint density at radius 2 is 1.92 bits per heavy atom. The van der Waals surface area contributed by atoms with Gasteiger partial charge in [0.15, 0.2) is 0 Å². The minimum Gasteiger partial charge on any atom is -0.321 e. The summed E-state index contributed by atoms with van der Waals surface area (Å²) >= 11 is 6.13. The van der Waals surface area contributed by atoms with Gasteiger partial charge in [-0.3, -0.25) is 9.36 Å². The van der Waals surface area contributed by atoms with Gasteiger partial charge in [-0.25, -0.2) is 13.8 Å². The van der Waals surface area contributed by atoms with Crippen molar-refractivity contribution in [1.82, 2.24) is 9.55 Å². The van der Waals surface area contributed by atoms with Gasteiger partial charge in [-0.15, -0.1) is 0 Å². The van der Waals surface area contributed by atoms with E-state index in [1.807, 2.05) is 6.92 Å². The summed E-state index contributed by atoms with van der Waals surface area (Å²) in [6, 6.07) is 7.06. The summed E-state index contributed by atoms with van der Waals surface area (Å²) in [7, 11) is 0. The lowest BCUT2D eigenvalue weighted by molar-refractivity contribution is 0.576. The quantitative estimate of drug-likeness (QED) is 0.783. The first-order valence-corrected chi connectivity index (χ1v) is 7.73. The lowest BCUT2D eigenvalue weighted by Crippen LogP contribution is -2.28. The highest BCUT2D eigenvalue weighted by Crippen LogP contribution is 2.24. The molecular weight excluding hydrogens is 336 g/mol. The SMILES string of the molecule is CCC(N)c1nc2c(Cl)cccc2c(=O)n1-c1cc(F)cc(F)c1. The Labute approximate surface area is 141 Å². The third kappa shape index (κ3) is 2.79. The van der Waals surface area contributed by atoms with Crippen LogP contribution in [-0.4, -0.2) is 9.55 Å². The lowest BCUT2D eigenvalue weighted by Gasteiger charge is -2.18. The second-order valence-corrected chi connectivity index (χ2v) is 5.80. The van der Waals surface area contributed by atoms with Gasteiger partial charge in [0.25, 0.3) is 5.56 Å². The smallest absolute Gasteiger partial charge is 0.266 e. The zero-order chi connectivity index (χ0) is 17.4. The average Bonchev–Trinajstić information content (AvgIpc) is 2.53. The van der Waals surface area contributed by atoms with E-state index in [1.165, 1.54) is 0 Å². The molecular formula is C17H14ClF2N3O. The monoisotopic (exact) mass is 349 g/mol. The second kappa shape index (κ2) is 6.30. The van der Waals surface area contributed by atoms with Gasteiger partial charge in [0, 0.05) is 6.07 Å². The van der Waals surface area contributed by atoms with Gasteiger partial charge in [-0.2, -0.15) is 0 Å². The number of hydrogen-bond donors (Lipinski definition) is 1. The van der Waals surface area contributed by atoms with Crippen LogP contribution in [0.2, 0.25) is 5.02 Å². The summed E-state index contributed by atoms with van der Waals surface area (Å²) in [5.74, 6) is -1.38. The number of para-hydroxylation sites is 1. The van der Waals surface area contributed by atoms with E-state index in [4.69, 9.17) is 17.3 Å². The van der Waals surface area contributed by atoms with Gasteiger partial charge < -0.3 is 5.73 Å². The maximum atomic E-state index is 13.6. The Bertz CT molecular complexity index is 967. The van der Waals surface area contributed by atoms with Crippen molar-refractivity contribution in [3.8, 4) is 5.69 Å². The minimum absolute atomic E-state index is 0.0331. The van der Waals surface area contributed by atoms with E-state index in [-0.39, 0.29) is 16.9 Å². The van der Waals surface area contributed by atoms with E-state index in [2.05, 4.69) is 4.98 Å². The first kappa shape index (κ1) is 16.5. The van der Waals surface area contributed by atoms with Crippen LogP contribution in [0.15, 0.2) is 41.2 Å². The predicted molar refractivity (Wildman–Crippen MR) is 89.5 cm³/mol. The van der Waals surface area contributed by atoms with E-state index in [0.29, 0.717) is 17.0 Å². The number of halogens is 3. The predicted octanol–water partition coefficient (Wildman–Crippen LogP) is 3.73. The molecule has 1 heterocycles. The standard InChI is InChI=1S/C17H14ClF2N3O/c1-2-14(21)16-22-15-12(4-3-5-13(15)18)17(24)23(16)11-7-9(19)6-10(20)8-11/h3-8,14H,2,21H2,1H3. The molecule has 2 aromatic carbocycles. The molecule has 0 fully saturated rings. The van der Waals surface area contributed by atoms with E-state index in [0.717, 1.165) is 22.8 Å². The first-order valence-electron chi connectivity index (χ1n) is 7.35. The van der Waals surface area contributed by atoms with Crippen LogP contribution >= 0.6 is 11.6 Å². The fourth-order valence-corrected chi connectivity index (χ4v) is 2.76. The third-order valence-corrected chi connectivity index (χ3v) is 4.06. The number of benzene rings is 2. The molecule has 0 radical (unpaired) electrons. The van der Waals surface area contributed by atoms with Gasteiger partial charge in [-0.1, -0.05) is 24.6 Å². The molecule has 0 saturated heterocycles. The fraction of sp³-hybridized carbons (Fsp3) is 0.176. The Balaban J connectivity index is 2.45. The summed E-state index contributed by atoms with van der Waals surface area (Å²) in [6.07, 6.45) is 0.486. The zero-order valence-electron chi connectivity index (χ0n) is 12.8. The molecule has 4 nitrogen and oxygen atoms in total. The van der Waals surface area contributed by atoms with Crippen LogP contribution in [0.3, 0.4) is 0 Å². The van der Waals surface area contributed by atoms with Crippen LogP contribution in [0.25, 0.3) is 16.6 Å². The molecule has 0 amide bonds. The van der Waals surface area contributed by atoms with Gasteiger partial charge in [0.2, 0.25) is 0 Å². The molecule has 0 aliphatic carbocycles. The molecule has 3 rings (SSSR count). The zero-order valence-corrected chi connectivity index (χ0v) is 13.5. The summed E-state index contributed by atoms with van der Waals surface area (Å²) < 4.78 is 28.4. The molecule has 1 unspecified atom stereocenters. The molecule has 0 saturated carbocycles. The Hall–Kier alpha value is -2.31. The van der Waals surface area contributed by atoms with E-state index >= 15 is 0 Å². The Kier molecular flexibility index (Phi) is 4.34. The molecule has 7 heteroatoms. The van der Waals surface area contributed by atoms with Crippen LogP contribution in [0.4, 0.5) is 8.78 Å². The van der Waals surface area contributed by atoms with E-state index in [9.17, 15) is 13.6 Å². The highest BCUT2D eigenvalue weighted by atomic mass is 35.5. The Morgan fingerprint density at radius 3 is 2.54 bits per heavy atom. The number of fused-ring (bicyclic) bond motifs is 1. The molecule has 24 heavy (non-hydrogen) atoms. The number of nitrogens with zero attached hydrogens (tertiary/aromatic N) is 2. The third-order valence-electron chi connectivity index (χ3n) is 3.75. The highest BCUT2D eigenvalue weighted by Gasteiger charge is 2.19. The van der Waals surface area contributed by atoms with Gasteiger partial charge in [0.05, 0.1) is 27.7 Å². The highest BCUT2D eigenvalue weighted by molar-refractivity contribution is 6.34.